The summed E-state index contributed by atoms with van der Waals surface area (Å²) in [7, 11) is 1.63. The van der Waals surface area contributed by atoms with Crippen LogP contribution in [0.5, 0.6) is 0 Å². The molecule has 3 nitrogen and oxygen atoms in total. The van der Waals surface area contributed by atoms with E-state index >= 15 is 0 Å². The van der Waals surface area contributed by atoms with Crippen LogP contribution < -0.4 is 0 Å². The van der Waals surface area contributed by atoms with Gasteiger partial charge in [0.2, 0.25) is 0 Å². The monoisotopic (exact) mass is 174 g/mol. The van der Waals surface area contributed by atoms with Gasteiger partial charge in [-0.3, -0.25) is 0 Å². The van der Waals surface area contributed by atoms with Gasteiger partial charge in [-0.1, -0.05) is 0 Å². The second kappa shape index (κ2) is 3.32. The quantitative estimate of drug-likeness (QED) is 0.643. The zero-order valence-electron chi connectivity index (χ0n) is 8.20. The largest absolute Gasteiger partial charge is 0.387 e. The second-order valence-corrected chi connectivity index (χ2v) is 3.82. The lowest BCUT2D eigenvalue weighted by Gasteiger charge is -2.43. The van der Waals surface area contributed by atoms with E-state index in [0.29, 0.717) is 0 Å². The number of hydrogen-bond donors (Lipinski definition) is 1. The lowest BCUT2D eigenvalue weighted by atomic mass is 9.86. The topological polar surface area (TPSA) is 38.7 Å². The Bertz CT molecular complexity index is 160. The summed E-state index contributed by atoms with van der Waals surface area (Å²) in [4.78, 5) is 0. The Morgan fingerprint density at radius 2 is 2.08 bits per heavy atom. The fourth-order valence-corrected chi connectivity index (χ4v) is 1.88. The van der Waals surface area contributed by atoms with E-state index in [4.69, 9.17) is 9.47 Å². The van der Waals surface area contributed by atoms with Crippen molar-refractivity contribution in [1.29, 1.82) is 0 Å². The molecule has 0 aliphatic carbocycles. The minimum Gasteiger partial charge on any atom is -0.387 e. The van der Waals surface area contributed by atoms with E-state index < -0.39 is 11.7 Å². The van der Waals surface area contributed by atoms with E-state index in [1.165, 1.54) is 0 Å². The fraction of sp³-hybridized carbons (Fsp3) is 1.00. The zero-order valence-corrected chi connectivity index (χ0v) is 8.20. The first-order valence-corrected chi connectivity index (χ1v) is 4.38. The van der Waals surface area contributed by atoms with E-state index in [2.05, 4.69) is 0 Å². The molecule has 0 aromatic rings. The molecule has 72 valence electrons. The summed E-state index contributed by atoms with van der Waals surface area (Å²) in [6.45, 7) is 5.80. The number of rotatable bonds is 1. The van der Waals surface area contributed by atoms with Gasteiger partial charge in [-0.05, 0) is 20.8 Å². The third-order valence-electron chi connectivity index (χ3n) is 2.68. The number of hydrogen-bond acceptors (Lipinski definition) is 3. The Labute approximate surface area is 73.7 Å². The standard InChI is InChI=1S/C9H18O3/c1-6-5-9(3,11-4)8(10)7(2)12-6/h6-8,10H,5H2,1-4H3/t6-,7?,8-,9+/m0/s1. The maximum absolute atomic E-state index is 9.76. The Morgan fingerprint density at radius 3 is 2.58 bits per heavy atom. The highest BCUT2D eigenvalue weighted by Crippen LogP contribution is 2.31. The molecule has 0 saturated carbocycles. The van der Waals surface area contributed by atoms with Crippen molar-refractivity contribution in [2.45, 2.75) is 51.1 Å². The van der Waals surface area contributed by atoms with Crippen LogP contribution in [0.1, 0.15) is 27.2 Å². The van der Waals surface area contributed by atoms with Gasteiger partial charge >= 0.3 is 0 Å². The molecule has 1 unspecified atom stereocenters. The minimum atomic E-state index is -0.529. The molecule has 1 N–H and O–H groups in total. The van der Waals surface area contributed by atoms with Crippen molar-refractivity contribution in [3.63, 3.8) is 0 Å². The van der Waals surface area contributed by atoms with Gasteiger partial charge in [0.05, 0.1) is 17.8 Å². The molecular formula is C9H18O3. The number of aliphatic hydroxyl groups excluding tert-OH is 1. The van der Waals surface area contributed by atoms with Crippen LogP contribution in [0.4, 0.5) is 0 Å². The van der Waals surface area contributed by atoms with Crippen molar-refractivity contribution in [3.8, 4) is 0 Å². The average Bonchev–Trinajstić information content (AvgIpc) is 2.00. The Kier molecular flexibility index (Phi) is 2.76. The van der Waals surface area contributed by atoms with Crippen LogP contribution in [0.3, 0.4) is 0 Å². The van der Waals surface area contributed by atoms with E-state index in [1.54, 1.807) is 7.11 Å². The van der Waals surface area contributed by atoms with Gasteiger partial charge in [-0.15, -0.1) is 0 Å². The van der Waals surface area contributed by atoms with Crippen LogP contribution >= 0.6 is 0 Å². The highest BCUT2D eigenvalue weighted by Gasteiger charge is 2.43. The third-order valence-corrected chi connectivity index (χ3v) is 2.68. The maximum atomic E-state index is 9.76. The van der Waals surface area contributed by atoms with Crippen molar-refractivity contribution >= 4 is 0 Å². The lowest BCUT2D eigenvalue weighted by Crippen LogP contribution is -2.55. The van der Waals surface area contributed by atoms with Gasteiger partial charge in [-0.2, -0.15) is 0 Å². The van der Waals surface area contributed by atoms with Gasteiger partial charge in [0.1, 0.15) is 6.10 Å². The predicted molar refractivity (Wildman–Crippen MR) is 46.0 cm³/mol. The van der Waals surface area contributed by atoms with E-state index in [-0.39, 0.29) is 12.2 Å². The van der Waals surface area contributed by atoms with Crippen molar-refractivity contribution < 1.29 is 14.6 Å². The van der Waals surface area contributed by atoms with Crippen molar-refractivity contribution in [3.05, 3.63) is 0 Å². The SMILES string of the molecule is CO[C@]1(C)C[C@H](C)OC(C)[C@@H]1O. The summed E-state index contributed by atoms with van der Waals surface area (Å²) in [6.07, 6.45) is 0.236. The second-order valence-electron chi connectivity index (χ2n) is 3.82. The molecule has 12 heavy (non-hydrogen) atoms. The van der Waals surface area contributed by atoms with Gasteiger partial charge in [0.15, 0.2) is 0 Å². The van der Waals surface area contributed by atoms with Gasteiger partial charge in [0, 0.05) is 13.5 Å². The van der Waals surface area contributed by atoms with Crippen LogP contribution in [0.2, 0.25) is 0 Å². The summed E-state index contributed by atoms with van der Waals surface area (Å²) >= 11 is 0. The van der Waals surface area contributed by atoms with Gasteiger partial charge in [0.25, 0.3) is 0 Å². The molecule has 0 bridgehead atoms. The number of aliphatic hydroxyl groups is 1. The van der Waals surface area contributed by atoms with Gasteiger partial charge in [-0.25, -0.2) is 0 Å². The molecule has 1 fully saturated rings. The van der Waals surface area contributed by atoms with Crippen LogP contribution in [-0.2, 0) is 9.47 Å². The van der Waals surface area contributed by atoms with Crippen LogP contribution in [0, 0.1) is 0 Å². The molecule has 0 aromatic heterocycles. The van der Waals surface area contributed by atoms with E-state index in [9.17, 15) is 5.11 Å². The molecular weight excluding hydrogens is 156 g/mol. The third kappa shape index (κ3) is 1.63. The molecule has 0 aromatic carbocycles. The summed E-state index contributed by atoms with van der Waals surface area (Å²) in [6, 6.07) is 0. The average molecular weight is 174 g/mol. The predicted octanol–water partition coefficient (Wildman–Crippen LogP) is 0.950. The Hall–Kier alpha value is -0.120. The molecule has 4 atom stereocenters. The fourth-order valence-electron chi connectivity index (χ4n) is 1.88. The van der Waals surface area contributed by atoms with E-state index in [1.807, 2.05) is 20.8 Å². The highest BCUT2D eigenvalue weighted by molar-refractivity contribution is 4.93. The molecule has 0 spiro atoms. The summed E-state index contributed by atoms with van der Waals surface area (Å²) in [5, 5.41) is 9.76. The normalized spacial score (nSPS) is 49.2. The molecule has 1 rings (SSSR count). The van der Waals surface area contributed by atoms with Crippen LogP contribution in [0.15, 0.2) is 0 Å². The van der Waals surface area contributed by atoms with E-state index in [0.717, 1.165) is 6.42 Å². The maximum Gasteiger partial charge on any atom is 0.109 e. The summed E-state index contributed by atoms with van der Waals surface area (Å²) in [5.74, 6) is 0. The number of methoxy groups -OCH3 is 1. The first-order valence-electron chi connectivity index (χ1n) is 4.38. The first-order chi connectivity index (χ1) is 5.49. The van der Waals surface area contributed by atoms with Crippen molar-refractivity contribution in [2.75, 3.05) is 7.11 Å². The Balaban J connectivity index is 2.72. The van der Waals surface area contributed by atoms with Crippen LogP contribution in [0.25, 0.3) is 0 Å². The smallest absolute Gasteiger partial charge is 0.109 e. The van der Waals surface area contributed by atoms with Crippen molar-refractivity contribution in [1.82, 2.24) is 0 Å². The molecule has 3 heteroatoms. The number of ether oxygens (including phenoxy) is 2. The lowest BCUT2D eigenvalue weighted by molar-refractivity contribution is -0.210. The zero-order chi connectivity index (χ0) is 9.35. The summed E-state index contributed by atoms with van der Waals surface area (Å²) in [5.41, 5.74) is -0.447. The molecule has 1 saturated heterocycles. The van der Waals surface area contributed by atoms with Crippen LogP contribution in [-0.4, -0.2) is 36.1 Å². The Morgan fingerprint density at radius 1 is 1.50 bits per heavy atom. The van der Waals surface area contributed by atoms with Gasteiger partial charge < -0.3 is 14.6 Å². The molecule has 0 radical (unpaired) electrons. The van der Waals surface area contributed by atoms with Crippen molar-refractivity contribution in [2.24, 2.45) is 0 Å². The first kappa shape index (κ1) is 9.96. The molecule has 0 amide bonds. The molecule has 1 aliphatic rings. The summed E-state index contributed by atoms with van der Waals surface area (Å²) < 4.78 is 10.8. The minimum absolute atomic E-state index is 0.140. The molecule has 1 heterocycles. The molecule has 1 aliphatic heterocycles. The highest BCUT2D eigenvalue weighted by atomic mass is 16.5.